The standard InChI is InChI=1S/C13H18N2O4/c1-3-13(2,12(17)18)7-14-11(16)9-6-10(19-15-9)8-4-5-8/h6,8H,3-5,7H2,1-2H3,(H,14,16)(H,17,18). The molecule has 1 fully saturated rings. The van der Waals surface area contributed by atoms with Crippen molar-refractivity contribution in [3.8, 4) is 0 Å². The molecular formula is C13H18N2O4. The van der Waals surface area contributed by atoms with Crippen molar-refractivity contribution in [2.24, 2.45) is 5.41 Å². The number of amides is 1. The Morgan fingerprint density at radius 3 is 2.79 bits per heavy atom. The van der Waals surface area contributed by atoms with Gasteiger partial charge in [0.1, 0.15) is 5.76 Å². The van der Waals surface area contributed by atoms with Crippen LogP contribution in [0.15, 0.2) is 10.6 Å². The molecule has 2 N–H and O–H groups in total. The second-order valence-corrected chi connectivity index (χ2v) is 5.29. The van der Waals surface area contributed by atoms with Crippen LogP contribution in [-0.2, 0) is 4.79 Å². The maximum atomic E-state index is 11.9. The minimum Gasteiger partial charge on any atom is -0.481 e. The van der Waals surface area contributed by atoms with E-state index < -0.39 is 17.3 Å². The minimum atomic E-state index is -0.960. The predicted molar refractivity (Wildman–Crippen MR) is 66.8 cm³/mol. The molecule has 0 bridgehead atoms. The van der Waals surface area contributed by atoms with Gasteiger partial charge >= 0.3 is 5.97 Å². The number of carbonyl (C=O) groups excluding carboxylic acids is 1. The Bertz CT molecular complexity index is 493. The van der Waals surface area contributed by atoms with E-state index in [2.05, 4.69) is 10.5 Å². The van der Waals surface area contributed by atoms with Crippen LogP contribution in [-0.4, -0.2) is 28.7 Å². The van der Waals surface area contributed by atoms with Gasteiger partial charge in [-0.25, -0.2) is 0 Å². The number of rotatable bonds is 6. The Kier molecular flexibility index (Phi) is 3.59. The number of nitrogens with one attached hydrogen (secondary N) is 1. The van der Waals surface area contributed by atoms with Gasteiger partial charge in [-0.1, -0.05) is 12.1 Å². The first-order valence-electron chi connectivity index (χ1n) is 6.44. The first-order valence-corrected chi connectivity index (χ1v) is 6.44. The van der Waals surface area contributed by atoms with Crippen LogP contribution >= 0.6 is 0 Å². The van der Waals surface area contributed by atoms with Crippen molar-refractivity contribution in [1.82, 2.24) is 10.5 Å². The highest BCUT2D eigenvalue weighted by Gasteiger charge is 2.32. The van der Waals surface area contributed by atoms with Crippen molar-refractivity contribution in [3.63, 3.8) is 0 Å². The van der Waals surface area contributed by atoms with Crippen molar-refractivity contribution in [1.29, 1.82) is 0 Å². The SMILES string of the molecule is CCC(C)(CNC(=O)c1cc(C2CC2)on1)C(=O)O. The zero-order valence-electron chi connectivity index (χ0n) is 11.1. The minimum absolute atomic E-state index is 0.0727. The van der Waals surface area contributed by atoms with Crippen LogP contribution in [0, 0.1) is 5.41 Å². The lowest BCUT2D eigenvalue weighted by Gasteiger charge is -2.22. The number of hydrogen-bond donors (Lipinski definition) is 2. The maximum absolute atomic E-state index is 11.9. The molecule has 1 unspecified atom stereocenters. The number of carbonyl (C=O) groups is 2. The lowest BCUT2D eigenvalue weighted by molar-refractivity contribution is -0.147. The monoisotopic (exact) mass is 266 g/mol. The molecule has 1 saturated carbocycles. The molecular weight excluding hydrogens is 248 g/mol. The first kappa shape index (κ1) is 13.6. The van der Waals surface area contributed by atoms with E-state index in [-0.39, 0.29) is 12.2 Å². The third kappa shape index (κ3) is 2.94. The molecule has 104 valence electrons. The summed E-state index contributed by atoms with van der Waals surface area (Å²) in [7, 11) is 0. The lowest BCUT2D eigenvalue weighted by atomic mass is 9.88. The fourth-order valence-electron chi connectivity index (χ4n) is 1.67. The van der Waals surface area contributed by atoms with Gasteiger partial charge in [0.2, 0.25) is 0 Å². The van der Waals surface area contributed by atoms with Gasteiger partial charge in [-0.3, -0.25) is 9.59 Å². The second kappa shape index (κ2) is 5.03. The average molecular weight is 266 g/mol. The number of hydrogen-bond acceptors (Lipinski definition) is 4. The van der Waals surface area contributed by atoms with Crippen LogP contribution in [0.2, 0.25) is 0 Å². The van der Waals surface area contributed by atoms with Crippen LogP contribution in [0.3, 0.4) is 0 Å². The number of aliphatic carboxylic acids is 1. The van der Waals surface area contributed by atoms with Gasteiger partial charge in [-0.05, 0) is 26.2 Å². The predicted octanol–water partition coefficient (Wildman–Crippen LogP) is 1.78. The average Bonchev–Trinajstić information content (AvgIpc) is 3.13. The zero-order valence-corrected chi connectivity index (χ0v) is 11.1. The number of aromatic nitrogens is 1. The Morgan fingerprint density at radius 2 is 2.26 bits per heavy atom. The third-order valence-electron chi connectivity index (χ3n) is 3.68. The molecule has 1 aliphatic carbocycles. The Balaban J connectivity index is 1.94. The summed E-state index contributed by atoms with van der Waals surface area (Å²) in [6.07, 6.45) is 2.58. The van der Waals surface area contributed by atoms with Gasteiger partial charge in [0, 0.05) is 18.5 Å². The molecule has 2 rings (SSSR count). The van der Waals surface area contributed by atoms with Crippen LogP contribution < -0.4 is 5.32 Å². The van der Waals surface area contributed by atoms with Gasteiger partial charge in [0.15, 0.2) is 5.69 Å². The van der Waals surface area contributed by atoms with E-state index in [1.165, 1.54) is 0 Å². The highest BCUT2D eigenvalue weighted by atomic mass is 16.5. The summed E-state index contributed by atoms with van der Waals surface area (Å²) >= 11 is 0. The smallest absolute Gasteiger partial charge is 0.311 e. The summed E-state index contributed by atoms with van der Waals surface area (Å²) in [5, 5.41) is 15.4. The summed E-state index contributed by atoms with van der Waals surface area (Å²) in [4.78, 5) is 23.0. The Morgan fingerprint density at radius 1 is 1.58 bits per heavy atom. The summed E-state index contributed by atoms with van der Waals surface area (Å²) in [5.74, 6) is -0.179. The largest absolute Gasteiger partial charge is 0.481 e. The summed E-state index contributed by atoms with van der Waals surface area (Å²) in [5.41, 5.74) is -0.746. The quantitative estimate of drug-likeness (QED) is 0.818. The van der Waals surface area contributed by atoms with E-state index in [1.54, 1.807) is 19.9 Å². The maximum Gasteiger partial charge on any atom is 0.311 e. The van der Waals surface area contributed by atoms with Gasteiger partial charge in [-0.2, -0.15) is 0 Å². The van der Waals surface area contributed by atoms with Crippen LogP contribution in [0.25, 0.3) is 0 Å². The molecule has 1 aromatic rings. The number of carboxylic acid groups (broad SMARTS) is 1. The molecule has 1 amide bonds. The first-order chi connectivity index (χ1) is 8.96. The molecule has 0 radical (unpaired) electrons. The van der Waals surface area contributed by atoms with Crippen molar-refractivity contribution in [2.45, 2.75) is 39.0 Å². The van der Waals surface area contributed by atoms with Crippen LogP contribution in [0.4, 0.5) is 0 Å². The zero-order chi connectivity index (χ0) is 14.0. The molecule has 0 aromatic carbocycles. The van der Waals surface area contributed by atoms with E-state index in [4.69, 9.17) is 9.63 Å². The van der Waals surface area contributed by atoms with Crippen molar-refractivity contribution < 1.29 is 19.2 Å². The van der Waals surface area contributed by atoms with Crippen molar-refractivity contribution in [2.75, 3.05) is 6.54 Å². The molecule has 0 spiro atoms. The molecule has 6 nitrogen and oxygen atoms in total. The highest BCUT2D eigenvalue weighted by molar-refractivity contribution is 5.92. The van der Waals surface area contributed by atoms with Gasteiger partial charge in [-0.15, -0.1) is 0 Å². The van der Waals surface area contributed by atoms with E-state index in [9.17, 15) is 9.59 Å². The topological polar surface area (TPSA) is 92.4 Å². The van der Waals surface area contributed by atoms with E-state index in [0.717, 1.165) is 18.6 Å². The molecule has 1 atom stereocenters. The molecule has 1 heterocycles. The molecule has 19 heavy (non-hydrogen) atoms. The van der Waals surface area contributed by atoms with Crippen LogP contribution in [0.5, 0.6) is 0 Å². The molecule has 1 aromatic heterocycles. The molecule has 6 heteroatoms. The van der Waals surface area contributed by atoms with E-state index >= 15 is 0 Å². The fraction of sp³-hybridized carbons (Fsp3) is 0.615. The lowest BCUT2D eigenvalue weighted by Crippen LogP contribution is -2.40. The molecule has 0 saturated heterocycles. The fourth-order valence-corrected chi connectivity index (χ4v) is 1.67. The van der Waals surface area contributed by atoms with Crippen molar-refractivity contribution >= 4 is 11.9 Å². The Hall–Kier alpha value is -1.85. The van der Waals surface area contributed by atoms with E-state index in [1.807, 2.05) is 0 Å². The molecule has 1 aliphatic rings. The Labute approximate surface area is 111 Å². The third-order valence-corrected chi connectivity index (χ3v) is 3.68. The number of nitrogens with zero attached hydrogens (tertiary/aromatic N) is 1. The molecule has 0 aliphatic heterocycles. The summed E-state index contributed by atoms with van der Waals surface area (Å²) < 4.78 is 5.09. The van der Waals surface area contributed by atoms with Crippen LogP contribution in [0.1, 0.15) is 55.3 Å². The van der Waals surface area contributed by atoms with E-state index in [0.29, 0.717) is 12.3 Å². The number of carboxylic acids is 1. The highest BCUT2D eigenvalue weighted by Crippen LogP contribution is 2.40. The van der Waals surface area contributed by atoms with Gasteiger partial charge in [0.25, 0.3) is 5.91 Å². The van der Waals surface area contributed by atoms with Gasteiger partial charge in [0.05, 0.1) is 5.41 Å². The van der Waals surface area contributed by atoms with Crippen molar-refractivity contribution in [3.05, 3.63) is 17.5 Å². The normalized spacial score (nSPS) is 17.8. The summed E-state index contributed by atoms with van der Waals surface area (Å²) in [6, 6.07) is 1.64. The summed E-state index contributed by atoms with van der Waals surface area (Å²) in [6.45, 7) is 3.46. The van der Waals surface area contributed by atoms with Gasteiger partial charge < -0.3 is 14.9 Å². The second-order valence-electron chi connectivity index (χ2n) is 5.29.